The molecule has 2 rings (SSSR count). The van der Waals surface area contributed by atoms with Crippen LogP contribution in [0, 0.1) is 6.92 Å². The first-order chi connectivity index (χ1) is 16.2. The first-order valence-electron chi connectivity index (χ1n) is 10.6. The molecule has 0 radical (unpaired) electrons. The van der Waals surface area contributed by atoms with E-state index in [9.17, 15) is 31.2 Å². The molecule has 0 fully saturated rings. The number of carbonyl (C=O) groups excluding carboxylic acids is 2. The van der Waals surface area contributed by atoms with Crippen molar-refractivity contribution in [3.05, 3.63) is 64.2 Å². The fourth-order valence-electron chi connectivity index (χ4n) is 3.37. The van der Waals surface area contributed by atoms with Crippen LogP contribution in [0.4, 0.5) is 18.9 Å². The number of alkyl halides is 3. The molecular formula is C23H27ClF3N3O4S. The summed E-state index contributed by atoms with van der Waals surface area (Å²) in [5.41, 5.74) is -0.0288. The van der Waals surface area contributed by atoms with Gasteiger partial charge >= 0.3 is 6.18 Å². The van der Waals surface area contributed by atoms with Crippen molar-refractivity contribution in [2.45, 2.75) is 39.5 Å². The Bertz CT molecular complexity index is 1190. The summed E-state index contributed by atoms with van der Waals surface area (Å²) in [7, 11) is -4.18. The summed E-state index contributed by atoms with van der Waals surface area (Å²) in [5.74, 6) is -1.22. The number of nitrogens with zero attached hydrogens (tertiary/aromatic N) is 2. The van der Waals surface area contributed by atoms with Crippen LogP contribution in [0.25, 0.3) is 0 Å². The van der Waals surface area contributed by atoms with Gasteiger partial charge in [-0.05, 0) is 50.1 Å². The second-order valence-corrected chi connectivity index (χ2v) is 10.3. The summed E-state index contributed by atoms with van der Waals surface area (Å²) < 4.78 is 65.7. The normalized spacial score (nSPS) is 12.7. The van der Waals surface area contributed by atoms with Crippen LogP contribution in [0.2, 0.25) is 5.02 Å². The molecule has 0 unspecified atom stereocenters. The summed E-state index contributed by atoms with van der Waals surface area (Å²) in [4.78, 5) is 27.1. The molecule has 0 spiro atoms. The summed E-state index contributed by atoms with van der Waals surface area (Å²) >= 11 is 5.66. The van der Waals surface area contributed by atoms with Gasteiger partial charge in [-0.3, -0.25) is 13.9 Å². The van der Waals surface area contributed by atoms with Crippen molar-refractivity contribution in [2.24, 2.45) is 0 Å². The van der Waals surface area contributed by atoms with Gasteiger partial charge in [0.2, 0.25) is 21.8 Å². The number of carbonyl (C=O) groups is 2. The lowest BCUT2D eigenvalue weighted by molar-refractivity contribution is -0.139. The topological polar surface area (TPSA) is 86.8 Å². The molecule has 0 aliphatic heterocycles. The molecule has 0 aliphatic carbocycles. The van der Waals surface area contributed by atoms with E-state index < -0.39 is 51.2 Å². The number of benzene rings is 2. The molecule has 2 aromatic carbocycles. The number of hydrogen-bond donors (Lipinski definition) is 1. The van der Waals surface area contributed by atoms with Crippen molar-refractivity contribution in [1.29, 1.82) is 0 Å². The second-order valence-electron chi connectivity index (χ2n) is 7.95. The Hall–Kier alpha value is -2.79. The Balaban J connectivity index is 2.49. The van der Waals surface area contributed by atoms with E-state index in [1.54, 1.807) is 19.1 Å². The lowest BCUT2D eigenvalue weighted by Gasteiger charge is -2.32. The highest BCUT2D eigenvalue weighted by Crippen LogP contribution is 2.37. The third-order valence-electron chi connectivity index (χ3n) is 5.34. The highest BCUT2D eigenvalue weighted by atomic mass is 35.5. The van der Waals surface area contributed by atoms with Gasteiger partial charge in [-0.25, -0.2) is 8.42 Å². The molecule has 0 bridgehead atoms. The maximum absolute atomic E-state index is 13.4. The van der Waals surface area contributed by atoms with Gasteiger partial charge in [0, 0.05) is 13.1 Å². The van der Waals surface area contributed by atoms with Crippen LogP contribution < -0.4 is 9.62 Å². The first-order valence-corrected chi connectivity index (χ1v) is 12.9. The lowest BCUT2D eigenvalue weighted by atomic mass is 10.1. The molecule has 1 N–H and O–H groups in total. The fourth-order valence-corrected chi connectivity index (χ4v) is 4.44. The Morgan fingerprint density at radius 1 is 1.14 bits per heavy atom. The van der Waals surface area contributed by atoms with E-state index in [0.717, 1.165) is 29.5 Å². The van der Waals surface area contributed by atoms with Gasteiger partial charge in [0.15, 0.2) is 0 Å². The number of sulfonamides is 1. The zero-order valence-corrected chi connectivity index (χ0v) is 21.3. The third kappa shape index (κ3) is 7.35. The average Bonchev–Trinajstić information content (AvgIpc) is 2.75. The van der Waals surface area contributed by atoms with Crippen LogP contribution in [-0.4, -0.2) is 50.5 Å². The number of hydrogen-bond acceptors (Lipinski definition) is 4. The molecule has 35 heavy (non-hydrogen) atoms. The molecule has 12 heteroatoms. The summed E-state index contributed by atoms with van der Waals surface area (Å²) in [5, 5.41) is 2.02. The molecule has 1 atom stereocenters. The van der Waals surface area contributed by atoms with Gasteiger partial charge in [-0.1, -0.05) is 35.9 Å². The van der Waals surface area contributed by atoms with Crippen LogP contribution in [-0.2, 0) is 32.3 Å². The van der Waals surface area contributed by atoms with E-state index in [1.807, 2.05) is 19.1 Å². The van der Waals surface area contributed by atoms with Crippen LogP contribution in [0.15, 0.2) is 42.5 Å². The van der Waals surface area contributed by atoms with Gasteiger partial charge in [-0.15, -0.1) is 0 Å². The molecule has 2 amide bonds. The summed E-state index contributed by atoms with van der Waals surface area (Å²) in [6.07, 6.45) is -4.05. The average molecular weight is 534 g/mol. The van der Waals surface area contributed by atoms with E-state index in [0.29, 0.717) is 16.9 Å². The predicted molar refractivity (Wildman–Crippen MR) is 129 cm³/mol. The van der Waals surface area contributed by atoms with E-state index in [-0.39, 0.29) is 12.2 Å². The highest BCUT2D eigenvalue weighted by molar-refractivity contribution is 7.92. The van der Waals surface area contributed by atoms with Crippen molar-refractivity contribution in [3.63, 3.8) is 0 Å². The summed E-state index contributed by atoms with van der Waals surface area (Å²) in [6, 6.07) is 8.77. The Morgan fingerprint density at radius 2 is 1.77 bits per heavy atom. The zero-order valence-electron chi connectivity index (χ0n) is 19.7. The van der Waals surface area contributed by atoms with Crippen molar-refractivity contribution >= 4 is 39.1 Å². The number of anilines is 1. The molecule has 0 aliphatic rings. The minimum atomic E-state index is -4.83. The Labute approximate surface area is 207 Å². The van der Waals surface area contributed by atoms with E-state index in [4.69, 9.17) is 11.6 Å². The molecule has 0 aromatic heterocycles. The van der Waals surface area contributed by atoms with E-state index in [1.165, 1.54) is 11.8 Å². The highest BCUT2D eigenvalue weighted by Gasteiger charge is 2.35. The monoisotopic (exact) mass is 533 g/mol. The maximum Gasteiger partial charge on any atom is 0.417 e. The minimum Gasteiger partial charge on any atom is -0.355 e. The predicted octanol–water partition coefficient (Wildman–Crippen LogP) is 3.99. The van der Waals surface area contributed by atoms with Crippen molar-refractivity contribution in [2.75, 3.05) is 23.7 Å². The standard InChI is InChI=1S/C23H27ClF3N3O4S/c1-5-28-22(32)16(3)29(13-17-9-7-6-8-15(17)2)21(31)14-30(35(4,33)34)18-10-11-20(24)19(12-18)23(25,26)27/h6-12,16H,5,13-14H2,1-4H3,(H,28,32)/t16-/m1/s1. The molecular weight excluding hydrogens is 507 g/mol. The molecule has 0 saturated heterocycles. The van der Waals surface area contributed by atoms with E-state index in [2.05, 4.69) is 5.32 Å². The number of rotatable bonds is 9. The van der Waals surface area contributed by atoms with Gasteiger partial charge in [0.05, 0.1) is 22.5 Å². The van der Waals surface area contributed by atoms with Crippen LogP contribution >= 0.6 is 11.6 Å². The number of nitrogens with one attached hydrogen (secondary N) is 1. The SMILES string of the molecule is CCNC(=O)[C@@H](C)N(Cc1ccccc1C)C(=O)CN(c1ccc(Cl)c(C(F)(F)F)c1)S(C)(=O)=O. The van der Waals surface area contributed by atoms with Gasteiger partial charge in [0.1, 0.15) is 12.6 Å². The number of halogens is 4. The molecule has 192 valence electrons. The van der Waals surface area contributed by atoms with Crippen LogP contribution in [0.3, 0.4) is 0 Å². The van der Waals surface area contributed by atoms with Crippen LogP contribution in [0.1, 0.15) is 30.5 Å². The van der Waals surface area contributed by atoms with E-state index >= 15 is 0 Å². The van der Waals surface area contributed by atoms with Gasteiger partial charge in [-0.2, -0.15) is 13.2 Å². The summed E-state index contributed by atoms with van der Waals surface area (Å²) in [6.45, 7) is 4.53. The molecule has 2 aromatic rings. The van der Waals surface area contributed by atoms with Crippen LogP contribution in [0.5, 0.6) is 0 Å². The number of aryl methyl sites for hydroxylation is 1. The van der Waals surface area contributed by atoms with Gasteiger partial charge in [0.25, 0.3) is 0 Å². The van der Waals surface area contributed by atoms with Gasteiger partial charge < -0.3 is 10.2 Å². The van der Waals surface area contributed by atoms with Crippen molar-refractivity contribution in [3.8, 4) is 0 Å². The Morgan fingerprint density at radius 3 is 2.31 bits per heavy atom. The first kappa shape index (κ1) is 28.4. The number of amides is 2. The fraction of sp³-hybridized carbons (Fsp3) is 0.391. The van der Waals surface area contributed by atoms with Crippen molar-refractivity contribution < 1.29 is 31.2 Å². The third-order valence-corrected chi connectivity index (χ3v) is 6.81. The zero-order chi connectivity index (χ0) is 26.6. The quantitative estimate of drug-likeness (QED) is 0.528. The second kappa shape index (κ2) is 11.3. The lowest BCUT2D eigenvalue weighted by Crippen LogP contribution is -2.51. The Kier molecular flexibility index (Phi) is 9.18. The molecule has 0 saturated carbocycles. The maximum atomic E-state index is 13.4. The smallest absolute Gasteiger partial charge is 0.355 e. The molecule has 7 nitrogen and oxygen atoms in total. The molecule has 0 heterocycles. The largest absolute Gasteiger partial charge is 0.417 e. The minimum absolute atomic E-state index is 0.00414. The number of likely N-dealkylation sites (N-methyl/N-ethyl adjacent to an activating group) is 1. The van der Waals surface area contributed by atoms with Crippen molar-refractivity contribution in [1.82, 2.24) is 10.2 Å².